The molecule has 3 aromatic rings. The van der Waals surface area contributed by atoms with Crippen LogP contribution in [0.5, 0.6) is 11.6 Å². The first-order chi connectivity index (χ1) is 9.63. The summed E-state index contributed by atoms with van der Waals surface area (Å²) in [5, 5.41) is 2.30. The van der Waals surface area contributed by atoms with E-state index in [9.17, 15) is 0 Å². The second-order valence-electron chi connectivity index (χ2n) is 4.70. The van der Waals surface area contributed by atoms with E-state index >= 15 is 0 Å². The first kappa shape index (κ1) is 12.4. The largest absolute Gasteiger partial charge is 0.439 e. The van der Waals surface area contributed by atoms with Crippen LogP contribution in [0.2, 0.25) is 0 Å². The van der Waals surface area contributed by atoms with Gasteiger partial charge in [0, 0.05) is 0 Å². The third-order valence-corrected chi connectivity index (χ3v) is 3.19. The predicted molar refractivity (Wildman–Crippen MR) is 79.9 cm³/mol. The molecule has 4 heteroatoms. The summed E-state index contributed by atoms with van der Waals surface area (Å²) in [5.74, 6) is 2.30. The zero-order valence-electron chi connectivity index (χ0n) is 11.4. The molecule has 2 aromatic carbocycles. The zero-order valence-corrected chi connectivity index (χ0v) is 11.4. The van der Waals surface area contributed by atoms with E-state index in [1.807, 2.05) is 37.3 Å². The minimum Gasteiger partial charge on any atom is -0.439 e. The topological polar surface area (TPSA) is 61.0 Å². The Morgan fingerprint density at radius 1 is 0.950 bits per heavy atom. The van der Waals surface area contributed by atoms with Crippen molar-refractivity contribution in [3.05, 3.63) is 53.9 Å². The first-order valence-corrected chi connectivity index (χ1v) is 6.41. The van der Waals surface area contributed by atoms with Crippen LogP contribution >= 0.6 is 0 Å². The van der Waals surface area contributed by atoms with Crippen molar-refractivity contribution in [1.29, 1.82) is 0 Å². The van der Waals surface area contributed by atoms with Gasteiger partial charge in [-0.15, -0.1) is 0 Å². The molecule has 2 N–H and O–H groups in total. The second-order valence-corrected chi connectivity index (χ2v) is 4.70. The van der Waals surface area contributed by atoms with E-state index in [2.05, 4.69) is 22.1 Å². The highest BCUT2D eigenvalue weighted by atomic mass is 16.5. The molecule has 4 nitrogen and oxygen atoms in total. The van der Waals surface area contributed by atoms with Gasteiger partial charge in [-0.1, -0.05) is 30.3 Å². The third-order valence-electron chi connectivity index (χ3n) is 3.19. The summed E-state index contributed by atoms with van der Waals surface area (Å²) < 4.78 is 5.85. The van der Waals surface area contributed by atoms with Gasteiger partial charge in [0.15, 0.2) is 0 Å². The Hall–Kier alpha value is -2.62. The summed E-state index contributed by atoms with van der Waals surface area (Å²) >= 11 is 0. The van der Waals surface area contributed by atoms with Crippen molar-refractivity contribution in [1.82, 2.24) is 9.97 Å². The maximum atomic E-state index is 5.85. The molecule has 3 rings (SSSR count). The number of nitrogen functional groups attached to an aromatic ring is 1. The summed E-state index contributed by atoms with van der Waals surface area (Å²) in [5.41, 5.74) is 6.59. The lowest BCUT2D eigenvalue weighted by molar-refractivity contribution is 0.457. The minimum absolute atomic E-state index is 0.452. The SMILES string of the molecule is Cc1nc(N)c(C)c(Oc2ccc3ccccc3c2)n1. The number of benzene rings is 2. The van der Waals surface area contributed by atoms with Gasteiger partial charge in [-0.2, -0.15) is 4.98 Å². The van der Waals surface area contributed by atoms with E-state index in [0.717, 1.165) is 16.7 Å². The van der Waals surface area contributed by atoms with E-state index in [-0.39, 0.29) is 0 Å². The fraction of sp³-hybridized carbons (Fsp3) is 0.125. The van der Waals surface area contributed by atoms with Crippen LogP contribution < -0.4 is 10.5 Å². The van der Waals surface area contributed by atoms with E-state index in [1.165, 1.54) is 5.39 Å². The molecular weight excluding hydrogens is 250 g/mol. The first-order valence-electron chi connectivity index (χ1n) is 6.41. The van der Waals surface area contributed by atoms with Gasteiger partial charge < -0.3 is 10.5 Å². The van der Waals surface area contributed by atoms with Gasteiger partial charge in [0.2, 0.25) is 5.88 Å². The van der Waals surface area contributed by atoms with Crippen molar-refractivity contribution >= 4 is 16.6 Å². The number of aryl methyl sites for hydroxylation is 1. The van der Waals surface area contributed by atoms with Crippen LogP contribution in [0.25, 0.3) is 10.8 Å². The summed E-state index contributed by atoms with van der Waals surface area (Å²) in [6.45, 7) is 3.65. The van der Waals surface area contributed by atoms with Gasteiger partial charge in [0.05, 0.1) is 5.56 Å². The number of hydrogen-bond acceptors (Lipinski definition) is 4. The highest BCUT2D eigenvalue weighted by Crippen LogP contribution is 2.28. The molecule has 0 aliphatic rings. The van der Waals surface area contributed by atoms with Crippen LogP contribution in [-0.2, 0) is 0 Å². The van der Waals surface area contributed by atoms with Gasteiger partial charge >= 0.3 is 0 Å². The van der Waals surface area contributed by atoms with Gasteiger partial charge in [-0.3, -0.25) is 0 Å². The van der Waals surface area contributed by atoms with E-state index in [0.29, 0.717) is 17.5 Å². The Labute approximate surface area is 117 Å². The van der Waals surface area contributed by atoms with Gasteiger partial charge in [0.1, 0.15) is 17.4 Å². The quantitative estimate of drug-likeness (QED) is 0.768. The zero-order chi connectivity index (χ0) is 14.1. The Morgan fingerprint density at radius 3 is 2.50 bits per heavy atom. The number of anilines is 1. The average Bonchev–Trinajstić information content (AvgIpc) is 2.44. The standard InChI is InChI=1S/C16H15N3O/c1-10-15(17)18-11(2)19-16(10)20-14-8-7-12-5-3-4-6-13(12)9-14/h3-9H,1-2H3,(H2,17,18,19). The van der Waals surface area contributed by atoms with Crippen LogP contribution in [0.1, 0.15) is 11.4 Å². The van der Waals surface area contributed by atoms with Crippen LogP contribution in [0.3, 0.4) is 0 Å². The Balaban J connectivity index is 2.01. The lowest BCUT2D eigenvalue weighted by Gasteiger charge is -2.10. The molecule has 0 radical (unpaired) electrons. The second kappa shape index (κ2) is 4.81. The molecule has 1 heterocycles. The fourth-order valence-electron chi connectivity index (χ4n) is 2.07. The van der Waals surface area contributed by atoms with E-state index in [4.69, 9.17) is 10.5 Å². The number of nitrogens with zero attached hydrogens (tertiary/aromatic N) is 2. The number of rotatable bonds is 2. The van der Waals surface area contributed by atoms with Crippen LogP contribution in [-0.4, -0.2) is 9.97 Å². The van der Waals surface area contributed by atoms with Crippen LogP contribution in [0.15, 0.2) is 42.5 Å². The molecule has 0 bridgehead atoms. The van der Waals surface area contributed by atoms with E-state index < -0.39 is 0 Å². The summed E-state index contributed by atoms with van der Waals surface area (Å²) in [7, 11) is 0. The molecular formula is C16H15N3O. The van der Waals surface area contributed by atoms with Crippen molar-refractivity contribution in [3.63, 3.8) is 0 Å². The molecule has 0 atom stereocenters. The van der Waals surface area contributed by atoms with Crippen molar-refractivity contribution in [3.8, 4) is 11.6 Å². The number of ether oxygens (including phenoxy) is 1. The lowest BCUT2D eigenvalue weighted by atomic mass is 10.1. The Bertz CT molecular complexity index is 784. The molecule has 100 valence electrons. The Morgan fingerprint density at radius 2 is 1.70 bits per heavy atom. The summed E-state index contributed by atoms with van der Waals surface area (Å²) in [4.78, 5) is 8.41. The van der Waals surface area contributed by atoms with Gasteiger partial charge in [-0.25, -0.2) is 4.98 Å². The van der Waals surface area contributed by atoms with Crippen LogP contribution in [0, 0.1) is 13.8 Å². The lowest BCUT2D eigenvalue weighted by Crippen LogP contribution is -2.02. The molecule has 0 saturated heterocycles. The molecule has 20 heavy (non-hydrogen) atoms. The molecule has 0 aliphatic carbocycles. The Kier molecular flexibility index (Phi) is 2.99. The highest BCUT2D eigenvalue weighted by Gasteiger charge is 2.09. The van der Waals surface area contributed by atoms with Gasteiger partial charge in [0.25, 0.3) is 0 Å². The van der Waals surface area contributed by atoms with Crippen molar-refractivity contribution < 1.29 is 4.74 Å². The predicted octanol–water partition coefficient (Wildman–Crippen LogP) is 3.62. The number of nitrogens with two attached hydrogens (primary N) is 1. The van der Waals surface area contributed by atoms with Gasteiger partial charge in [-0.05, 0) is 36.8 Å². The molecule has 1 aromatic heterocycles. The maximum absolute atomic E-state index is 5.85. The molecule has 0 aliphatic heterocycles. The van der Waals surface area contributed by atoms with Crippen molar-refractivity contribution in [2.45, 2.75) is 13.8 Å². The highest BCUT2D eigenvalue weighted by molar-refractivity contribution is 5.83. The third kappa shape index (κ3) is 2.28. The van der Waals surface area contributed by atoms with Crippen molar-refractivity contribution in [2.75, 3.05) is 5.73 Å². The monoisotopic (exact) mass is 265 g/mol. The summed E-state index contributed by atoms with van der Waals surface area (Å²) in [6, 6.07) is 14.1. The number of aromatic nitrogens is 2. The number of fused-ring (bicyclic) bond motifs is 1. The van der Waals surface area contributed by atoms with Crippen molar-refractivity contribution in [2.24, 2.45) is 0 Å². The minimum atomic E-state index is 0.452. The molecule has 0 amide bonds. The molecule has 0 unspecified atom stereocenters. The number of hydrogen-bond donors (Lipinski definition) is 1. The summed E-state index contributed by atoms with van der Waals surface area (Å²) in [6.07, 6.45) is 0. The molecule has 0 saturated carbocycles. The van der Waals surface area contributed by atoms with Crippen LogP contribution in [0.4, 0.5) is 5.82 Å². The fourth-order valence-corrected chi connectivity index (χ4v) is 2.07. The molecule has 0 spiro atoms. The normalized spacial score (nSPS) is 10.7. The molecule has 0 fully saturated rings. The maximum Gasteiger partial charge on any atom is 0.227 e. The smallest absolute Gasteiger partial charge is 0.227 e. The average molecular weight is 265 g/mol. The van der Waals surface area contributed by atoms with E-state index in [1.54, 1.807) is 6.92 Å².